The van der Waals surface area contributed by atoms with E-state index in [-0.39, 0.29) is 18.0 Å². The number of para-hydroxylation sites is 1. The zero-order valence-corrected chi connectivity index (χ0v) is 19.2. The summed E-state index contributed by atoms with van der Waals surface area (Å²) >= 11 is 0. The van der Waals surface area contributed by atoms with E-state index >= 15 is 0 Å². The first-order chi connectivity index (χ1) is 14.8. The van der Waals surface area contributed by atoms with Gasteiger partial charge in [-0.1, -0.05) is 25.1 Å². The number of anilines is 1. The molecule has 0 spiro atoms. The molecule has 3 rings (SSSR count). The van der Waals surface area contributed by atoms with Crippen molar-refractivity contribution in [3.8, 4) is 0 Å². The summed E-state index contributed by atoms with van der Waals surface area (Å²) < 4.78 is 24.7. The number of carbonyl (C=O) groups excluding carboxylic acids is 2. The molecule has 0 aliphatic carbocycles. The van der Waals surface area contributed by atoms with Crippen molar-refractivity contribution in [2.24, 2.45) is 0 Å². The van der Waals surface area contributed by atoms with Crippen molar-refractivity contribution in [2.75, 3.05) is 57.4 Å². The molecule has 0 saturated carbocycles. The number of hydrogen-bond acceptors (Lipinski definition) is 5. The molecule has 2 fully saturated rings. The maximum atomic E-state index is 12.6. The number of nitrogens with one attached hydrogen (secondary N) is 2. The Morgan fingerprint density at radius 1 is 1.03 bits per heavy atom. The van der Waals surface area contributed by atoms with Crippen LogP contribution in [0.15, 0.2) is 24.3 Å². The SMILES string of the molecule is CCc1ccccc1NC(=O)CN1CCN(C(=O)NC2CCN(S(C)(=O)=O)CC2)CC1. The predicted octanol–water partition coefficient (Wildman–Crippen LogP) is 0.939. The van der Waals surface area contributed by atoms with Crippen LogP contribution < -0.4 is 10.6 Å². The third-order valence-electron chi connectivity index (χ3n) is 5.95. The molecule has 0 radical (unpaired) electrons. The topological polar surface area (TPSA) is 102 Å². The van der Waals surface area contributed by atoms with Gasteiger partial charge >= 0.3 is 6.03 Å². The molecule has 0 atom stereocenters. The Morgan fingerprint density at radius 3 is 2.29 bits per heavy atom. The molecule has 2 aliphatic rings. The molecule has 0 unspecified atom stereocenters. The third-order valence-corrected chi connectivity index (χ3v) is 7.25. The van der Waals surface area contributed by atoms with Crippen molar-refractivity contribution in [2.45, 2.75) is 32.2 Å². The second-order valence-corrected chi connectivity index (χ2v) is 10.2. The lowest BCUT2D eigenvalue weighted by Crippen LogP contribution is -2.55. The fraction of sp³-hybridized carbons (Fsp3) is 0.619. The van der Waals surface area contributed by atoms with Crippen molar-refractivity contribution < 1.29 is 18.0 Å². The van der Waals surface area contributed by atoms with Gasteiger partial charge in [-0.15, -0.1) is 0 Å². The fourth-order valence-corrected chi connectivity index (χ4v) is 4.92. The van der Waals surface area contributed by atoms with Gasteiger partial charge in [-0.05, 0) is 30.9 Å². The van der Waals surface area contributed by atoms with Crippen LogP contribution in [0.4, 0.5) is 10.5 Å². The summed E-state index contributed by atoms with van der Waals surface area (Å²) in [6.07, 6.45) is 3.32. The fourth-order valence-electron chi connectivity index (χ4n) is 4.05. The highest BCUT2D eigenvalue weighted by atomic mass is 32.2. The van der Waals surface area contributed by atoms with E-state index in [4.69, 9.17) is 0 Å². The summed E-state index contributed by atoms with van der Waals surface area (Å²) in [5.41, 5.74) is 1.97. The second kappa shape index (κ2) is 10.4. The molecule has 0 aromatic heterocycles. The smallest absolute Gasteiger partial charge is 0.317 e. The number of piperazine rings is 1. The summed E-state index contributed by atoms with van der Waals surface area (Å²) in [6, 6.07) is 7.69. The summed E-state index contributed by atoms with van der Waals surface area (Å²) in [5.74, 6) is -0.0450. The molecule has 2 aliphatic heterocycles. The Labute approximate surface area is 184 Å². The number of nitrogens with zero attached hydrogens (tertiary/aromatic N) is 3. The second-order valence-electron chi connectivity index (χ2n) is 8.21. The standard InChI is InChI=1S/C21H33N5O4S/c1-3-17-6-4-5-7-19(17)23-20(27)16-24-12-14-25(15-13-24)21(28)22-18-8-10-26(11-9-18)31(2,29)30/h4-7,18H,3,8-16H2,1-2H3,(H,22,28)(H,23,27). The number of benzene rings is 1. The minimum atomic E-state index is -3.17. The minimum Gasteiger partial charge on any atom is -0.335 e. The molecule has 10 heteroatoms. The lowest BCUT2D eigenvalue weighted by molar-refractivity contribution is -0.117. The predicted molar refractivity (Wildman–Crippen MR) is 120 cm³/mol. The summed E-state index contributed by atoms with van der Waals surface area (Å²) in [4.78, 5) is 28.8. The Kier molecular flexibility index (Phi) is 7.90. The number of urea groups is 1. The minimum absolute atomic E-state index is 0.00654. The lowest BCUT2D eigenvalue weighted by atomic mass is 10.1. The van der Waals surface area contributed by atoms with Gasteiger partial charge in [0.25, 0.3) is 0 Å². The first-order valence-corrected chi connectivity index (χ1v) is 12.7. The number of amides is 3. The maximum Gasteiger partial charge on any atom is 0.317 e. The summed E-state index contributed by atoms with van der Waals surface area (Å²) in [7, 11) is -3.17. The van der Waals surface area contributed by atoms with E-state index in [1.807, 2.05) is 24.3 Å². The van der Waals surface area contributed by atoms with Gasteiger partial charge in [0.2, 0.25) is 15.9 Å². The monoisotopic (exact) mass is 451 g/mol. The van der Waals surface area contributed by atoms with Gasteiger partial charge in [-0.25, -0.2) is 17.5 Å². The molecular weight excluding hydrogens is 418 g/mol. The molecule has 0 bridgehead atoms. The van der Waals surface area contributed by atoms with Crippen LogP contribution in [-0.2, 0) is 21.2 Å². The number of hydrogen-bond donors (Lipinski definition) is 2. The number of rotatable bonds is 6. The molecule has 2 heterocycles. The lowest BCUT2D eigenvalue weighted by Gasteiger charge is -2.36. The molecule has 9 nitrogen and oxygen atoms in total. The molecule has 2 saturated heterocycles. The Balaban J connectivity index is 1.39. The van der Waals surface area contributed by atoms with E-state index in [0.717, 1.165) is 17.7 Å². The molecule has 1 aromatic carbocycles. The van der Waals surface area contributed by atoms with Crippen LogP contribution >= 0.6 is 0 Å². The van der Waals surface area contributed by atoms with Crippen LogP contribution in [0.1, 0.15) is 25.3 Å². The number of sulfonamides is 1. The Bertz CT molecular complexity index is 876. The Hall–Kier alpha value is -2.17. The van der Waals surface area contributed by atoms with Gasteiger partial charge in [0.15, 0.2) is 0 Å². The van der Waals surface area contributed by atoms with Crippen LogP contribution in [-0.4, -0.2) is 92.6 Å². The summed E-state index contributed by atoms with van der Waals surface area (Å²) in [5, 5.41) is 6.02. The van der Waals surface area contributed by atoms with E-state index < -0.39 is 10.0 Å². The first kappa shape index (κ1) is 23.5. The zero-order chi connectivity index (χ0) is 22.4. The van der Waals surface area contributed by atoms with Gasteiger partial charge < -0.3 is 15.5 Å². The van der Waals surface area contributed by atoms with Crippen molar-refractivity contribution in [1.82, 2.24) is 19.4 Å². The van der Waals surface area contributed by atoms with Gasteiger partial charge in [0.1, 0.15) is 0 Å². The van der Waals surface area contributed by atoms with Crippen molar-refractivity contribution in [3.63, 3.8) is 0 Å². The molecule has 172 valence electrons. The van der Waals surface area contributed by atoms with Crippen molar-refractivity contribution >= 4 is 27.6 Å². The average molecular weight is 452 g/mol. The highest BCUT2D eigenvalue weighted by Crippen LogP contribution is 2.16. The van der Waals surface area contributed by atoms with Crippen LogP contribution in [0.25, 0.3) is 0 Å². The molecule has 2 N–H and O–H groups in total. The van der Waals surface area contributed by atoms with E-state index in [1.165, 1.54) is 10.6 Å². The highest BCUT2D eigenvalue weighted by Gasteiger charge is 2.28. The van der Waals surface area contributed by atoms with E-state index in [9.17, 15) is 18.0 Å². The first-order valence-electron chi connectivity index (χ1n) is 10.9. The van der Waals surface area contributed by atoms with Gasteiger partial charge in [0, 0.05) is 51.0 Å². The number of carbonyl (C=O) groups is 2. The van der Waals surface area contributed by atoms with Crippen LogP contribution in [0, 0.1) is 0 Å². The van der Waals surface area contributed by atoms with Crippen LogP contribution in [0.3, 0.4) is 0 Å². The number of aryl methyl sites for hydroxylation is 1. The normalized spacial score (nSPS) is 19.2. The maximum absolute atomic E-state index is 12.6. The number of piperidine rings is 1. The largest absolute Gasteiger partial charge is 0.335 e. The Morgan fingerprint density at radius 2 is 1.68 bits per heavy atom. The van der Waals surface area contributed by atoms with Crippen molar-refractivity contribution in [1.29, 1.82) is 0 Å². The van der Waals surface area contributed by atoms with Crippen molar-refractivity contribution in [3.05, 3.63) is 29.8 Å². The average Bonchev–Trinajstić information content (AvgIpc) is 2.74. The van der Waals surface area contributed by atoms with E-state index in [0.29, 0.717) is 58.7 Å². The molecule has 3 amide bonds. The highest BCUT2D eigenvalue weighted by molar-refractivity contribution is 7.88. The van der Waals surface area contributed by atoms with E-state index in [2.05, 4.69) is 22.5 Å². The molecule has 1 aromatic rings. The molecular formula is C21H33N5O4S. The quantitative estimate of drug-likeness (QED) is 0.670. The van der Waals surface area contributed by atoms with Gasteiger partial charge in [-0.3, -0.25) is 9.69 Å². The zero-order valence-electron chi connectivity index (χ0n) is 18.3. The summed E-state index contributed by atoms with van der Waals surface area (Å²) in [6.45, 7) is 5.65. The van der Waals surface area contributed by atoms with Crippen LogP contribution in [0.2, 0.25) is 0 Å². The van der Waals surface area contributed by atoms with E-state index in [1.54, 1.807) is 4.90 Å². The molecule has 31 heavy (non-hydrogen) atoms. The van der Waals surface area contributed by atoms with Crippen LogP contribution in [0.5, 0.6) is 0 Å². The third kappa shape index (κ3) is 6.65. The van der Waals surface area contributed by atoms with Gasteiger partial charge in [0.05, 0.1) is 12.8 Å². The van der Waals surface area contributed by atoms with Gasteiger partial charge in [-0.2, -0.15) is 0 Å².